The van der Waals surface area contributed by atoms with E-state index in [9.17, 15) is 15.0 Å². The molecule has 1 aromatic rings. The molecule has 0 aliphatic carbocycles. The van der Waals surface area contributed by atoms with E-state index >= 15 is 0 Å². The molecule has 23 heavy (non-hydrogen) atoms. The van der Waals surface area contributed by atoms with Gasteiger partial charge in [0.1, 0.15) is 11.4 Å². The normalized spacial score (nSPS) is 21.7. The number of ether oxygens (including phenoxy) is 1. The van der Waals surface area contributed by atoms with E-state index < -0.39 is 17.3 Å². The largest absolute Gasteiger partial charge is 0.506 e. The first kappa shape index (κ1) is 17.6. The molecular weight excluding hydrogens is 296 g/mol. The van der Waals surface area contributed by atoms with E-state index in [-0.39, 0.29) is 11.4 Å². The first-order chi connectivity index (χ1) is 10.7. The topological polar surface area (TPSA) is 90.8 Å². The third kappa shape index (κ3) is 5.41. The standard InChI is InChI=1S/C17H26N2O4/c1-16(2,3)23-15(21)19-13-6-5-12(9-14(13)20)10-17(22)7-4-8-18-11-17/h5-6,9,18,20,22H,4,7-8,10-11H2,1-3H3,(H,19,21). The zero-order valence-electron chi connectivity index (χ0n) is 14.0. The highest BCUT2D eigenvalue weighted by Crippen LogP contribution is 2.28. The minimum atomic E-state index is -0.787. The fraction of sp³-hybridized carbons (Fsp3) is 0.588. The number of benzene rings is 1. The third-order valence-electron chi connectivity index (χ3n) is 3.68. The highest BCUT2D eigenvalue weighted by molar-refractivity contribution is 5.86. The molecule has 128 valence electrons. The monoisotopic (exact) mass is 322 g/mol. The van der Waals surface area contributed by atoms with Crippen LogP contribution in [0.4, 0.5) is 10.5 Å². The average molecular weight is 322 g/mol. The van der Waals surface area contributed by atoms with Crippen LogP contribution in [0, 0.1) is 0 Å². The Labute approximate surface area is 136 Å². The number of carbonyl (C=O) groups excluding carboxylic acids is 1. The number of amides is 1. The van der Waals surface area contributed by atoms with Gasteiger partial charge in [0.2, 0.25) is 0 Å². The Morgan fingerprint density at radius 3 is 2.74 bits per heavy atom. The van der Waals surface area contributed by atoms with Crippen molar-refractivity contribution in [2.75, 3.05) is 18.4 Å². The molecule has 1 aliphatic heterocycles. The number of β-amino-alcohol motifs (C(OH)–C–C–N with tert-alkyl or cyclic N) is 1. The summed E-state index contributed by atoms with van der Waals surface area (Å²) in [5.74, 6) is -0.0410. The van der Waals surface area contributed by atoms with E-state index in [1.165, 1.54) is 0 Å². The van der Waals surface area contributed by atoms with Crippen LogP contribution in [-0.4, -0.2) is 40.6 Å². The molecule has 0 radical (unpaired) electrons. The van der Waals surface area contributed by atoms with E-state index in [1.807, 2.05) is 0 Å². The molecule has 0 saturated carbocycles. The molecule has 1 saturated heterocycles. The lowest BCUT2D eigenvalue weighted by Crippen LogP contribution is -2.47. The van der Waals surface area contributed by atoms with Gasteiger partial charge in [-0.1, -0.05) is 6.07 Å². The van der Waals surface area contributed by atoms with Crippen LogP contribution in [0.5, 0.6) is 5.75 Å². The fourth-order valence-electron chi connectivity index (χ4n) is 2.69. The quantitative estimate of drug-likeness (QED) is 0.642. The second kappa shape index (κ2) is 6.76. The van der Waals surface area contributed by atoms with Gasteiger partial charge in [-0.15, -0.1) is 0 Å². The van der Waals surface area contributed by atoms with E-state index in [0.717, 1.165) is 24.9 Å². The Bertz CT molecular complexity index is 560. The first-order valence-electron chi connectivity index (χ1n) is 7.92. The lowest BCUT2D eigenvalue weighted by molar-refractivity contribution is 0.0169. The number of phenolic OH excluding ortho intramolecular Hbond substituents is 1. The zero-order valence-corrected chi connectivity index (χ0v) is 14.0. The van der Waals surface area contributed by atoms with Crippen molar-refractivity contribution in [3.8, 4) is 5.75 Å². The van der Waals surface area contributed by atoms with Gasteiger partial charge in [-0.2, -0.15) is 0 Å². The molecular formula is C17H26N2O4. The first-order valence-corrected chi connectivity index (χ1v) is 7.92. The molecule has 1 amide bonds. The molecule has 6 nitrogen and oxygen atoms in total. The van der Waals surface area contributed by atoms with Gasteiger partial charge in [-0.3, -0.25) is 5.32 Å². The number of anilines is 1. The lowest BCUT2D eigenvalue weighted by Gasteiger charge is -2.32. The van der Waals surface area contributed by atoms with Gasteiger partial charge in [0.15, 0.2) is 0 Å². The van der Waals surface area contributed by atoms with E-state index in [2.05, 4.69) is 10.6 Å². The summed E-state index contributed by atoms with van der Waals surface area (Å²) in [6, 6.07) is 4.98. The van der Waals surface area contributed by atoms with Crippen molar-refractivity contribution in [3.05, 3.63) is 23.8 Å². The zero-order chi connectivity index (χ0) is 17.1. The summed E-state index contributed by atoms with van der Waals surface area (Å²) in [6.07, 6.45) is 1.51. The number of nitrogens with one attached hydrogen (secondary N) is 2. The maximum absolute atomic E-state index is 11.7. The molecule has 0 aromatic heterocycles. The van der Waals surface area contributed by atoms with Crippen LogP contribution in [0.15, 0.2) is 18.2 Å². The fourth-order valence-corrected chi connectivity index (χ4v) is 2.69. The Morgan fingerprint density at radius 2 is 2.17 bits per heavy atom. The molecule has 1 atom stereocenters. The summed E-state index contributed by atoms with van der Waals surface area (Å²) in [5, 5.41) is 26.3. The van der Waals surface area contributed by atoms with Crippen molar-refractivity contribution in [2.45, 2.75) is 51.2 Å². The molecule has 6 heteroatoms. The van der Waals surface area contributed by atoms with Crippen LogP contribution in [0.1, 0.15) is 39.2 Å². The Morgan fingerprint density at radius 1 is 1.43 bits per heavy atom. The highest BCUT2D eigenvalue weighted by Gasteiger charge is 2.29. The smallest absolute Gasteiger partial charge is 0.412 e. The number of aliphatic hydroxyl groups is 1. The summed E-state index contributed by atoms with van der Waals surface area (Å²) in [5.41, 5.74) is -0.276. The second-order valence-corrected chi connectivity index (χ2v) is 7.16. The molecule has 0 spiro atoms. The molecule has 2 rings (SSSR count). The number of rotatable bonds is 3. The van der Waals surface area contributed by atoms with Crippen LogP contribution in [0.2, 0.25) is 0 Å². The van der Waals surface area contributed by atoms with Gasteiger partial charge >= 0.3 is 6.09 Å². The Kier molecular flexibility index (Phi) is 5.16. The number of phenols is 1. The maximum Gasteiger partial charge on any atom is 0.412 e. The van der Waals surface area contributed by atoms with Crippen molar-refractivity contribution in [3.63, 3.8) is 0 Å². The van der Waals surface area contributed by atoms with Crippen LogP contribution in [-0.2, 0) is 11.2 Å². The van der Waals surface area contributed by atoms with Crippen molar-refractivity contribution < 1.29 is 19.7 Å². The summed E-state index contributed by atoms with van der Waals surface area (Å²) in [6.45, 7) is 6.79. The van der Waals surface area contributed by atoms with Gasteiger partial charge in [0.25, 0.3) is 0 Å². The number of hydrogen-bond acceptors (Lipinski definition) is 5. The Hall–Kier alpha value is -1.79. The van der Waals surface area contributed by atoms with Crippen molar-refractivity contribution in [1.82, 2.24) is 5.32 Å². The van der Waals surface area contributed by atoms with Gasteiger partial charge in [-0.05, 0) is 57.9 Å². The van der Waals surface area contributed by atoms with Crippen molar-refractivity contribution in [1.29, 1.82) is 0 Å². The number of aromatic hydroxyl groups is 1. The van der Waals surface area contributed by atoms with Crippen LogP contribution in [0.25, 0.3) is 0 Å². The van der Waals surface area contributed by atoms with Gasteiger partial charge in [0, 0.05) is 13.0 Å². The van der Waals surface area contributed by atoms with E-state index in [1.54, 1.807) is 39.0 Å². The van der Waals surface area contributed by atoms with Crippen LogP contribution >= 0.6 is 0 Å². The second-order valence-electron chi connectivity index (χ2n) is 7.16. The molecule has 1 heterocycles. The summed E-state index contributed by atoms with van der Waals surface area (Å²) < 4.78 is 5.15. The lowest BCUT2D eigenvalue weighted by atomic mass is 9.87. The average Bonchev–Trinajstić information content (AvgIpc) is 2.40. The SMILES string of the molecule is CC(C)(C)OC(=O)Nc1ccc(CC2(O)CCCNC2)cc1O. The summed E-state index contributed by atoms with van der Waals surface area (Å²) >= 11 is 0. The van der Waals surface area contributed by atoms with E-state index in [4.69, 9.17) is 4.74 Å². The van der Waals surface area contributed by atoms with E-state index in [0.29, 0.717) is 13.0 Å². The number of piperidine rings is 1. The minimum absolute atomic E-state index is 0.0410. The summed E-state index contributed by atoms with van der Waals surface area (Å²) in [4.78, 5) is 11.7. The van der Waals surface area contributed by atoms with Crippen molar-refractivity contribution >= 4 is 11.8 Å². The number of carbonyl (C=O) groups is 1. The predicted octanol–water partition coefficient (Wildman–Crippen LogP) is 2.40. The molecule has 1 aromatic carbocycles. The molecule has 0 bridgehead atoms. The molecule has 1 aliphatic rings. The van der Waals surface area contributed by atoms with Gasteiger partial charge in [0.05, 0.1) is 11.3 Å². The number of hydrogen-bond donors (Lipinski definition) is 4. The highest BCUT2D eigenvalue weighted by atomic mass is 16.6. The molecule has 1 fully saturated rings. The summed E-state index contributed by atoms with van der Waals surface area (Å²) in [7, 11) is 0. The van der Waals surface area contributed by atoms with Gasteiger partial charge in [-0.25, -0.2) is 4.79 Å². The maximum atomic E-state index is 11.7. The van der Waals surface area contributed by atoms with Crippen LogP contribution < -0.4 is 10.6 Å². The van der Waals surface area contributed by atoms with Crippen molar-refractivity contribution in [2.24, 2.45) is 0 Å². The predicted molar refractivity (Wildman–Crippen MR) is 88.7 cm³/mol. The van der Waals surface area contributed by atoms with Gasteiger partial charge < -0.3 is 20.3 Å². The minimum Gasteiger partial charge on any atom is -0.506 e. The third-order valence-corrected chi connectivity index (χ3v) is 3.68. The molecule has 1 unspecified atom stereocenters. The molecule has 4 N–H and O–H groups in total. The Balaban J connectivity index is 2.01. The van der Waals surface area contributed by atoms with Crippen LogP contribution in [0.3, 0.4) is 0 Å².